The lowest BCUT2D eigenvalue weighted by Crippen LogP contribution is -2.38. The number of anilines is 1. The Balaban J connectivity index is 1.96. The number of aryl methyl sites for hydroxylation is 1. The highest BCUT2D eigenvalue weighted by molar-refractivity contribution is 7.10. The molecule has 4 nitrogen and oxygen atoms in total. The first-order valence-electron chi connectivity index (χ1n) is 7.35. The summed E-state index contributed by atoms with van der Waals surface area (Å²) in [6, 6.07) is 9.16. The molecule has 2 amide bonds. The fourth-order valence-electron chi connectivity index (χ4n) is 2.14. The average Bonchev–Trinajstić information content (AvgIpc) is 3.01. The van der Waals surface area contributed by atoms with E-state index in [2.05, 4.69) is 5.32 Å². The normalized spacial score (nSPS) is 10.4. The Morgan fingerprint density at radius 2 is 2.09 bits per heavy atom. The van der Waals surface area contributed by atoms with Crippen molar-refractivity contribution in [1.29, 1.82) is 0 Å². The van der Waals surface area contributed by atoms with Crippen molar-refractivity contribution >= 4 is 40.4 Å². The molecular formula is C17H19ClN2O2S. The maximum Gasteiger partial charge on any atom is 0.244 e. The van der Waals surface area contributed by atoms with Gasteiger partial charge in [-0.15, -0.1) is 11.3 Å². The van der Waals surface area contributed by atoms with Gasteiger partial charge in [-0.25, -0.2) is 0 Å². The van der Waals surface area contributed by atoms with Crippen LogP contribution in [-0.2, 0) is 16.0 Å². The van der Waals surface area contributed by atoms with Crippen molar-refractivity contribution in [3.05, 3.63) is 51.2 Å². The first-order chi connectivity index (χ1) is 11.0. The van der Waals surface area contributed by atoms with Crippen LogP contribution in [0, 0.1) is 6.92 Å². The summed E-state index contributed by atoms with van der Waals surface area (Å²) in [7, 11) is 0. The Bertz CT molecular complexity index is 686. The summed E-state index contributed by atoms with van der Waals surface area (Å²) in [6.45, 7) is 4.29. The summed E-state index contributed by atoms with van der Waals surface area (Å²) < 4.78 is 0. The number of carbonyl (C=O) groups is 2. The predicted octanol–water partition coefficient (Wildman–Crippen LogP) is 3.74. The number of benzene rings is 1. The zero-order valence-electron chi connectivity index (χ0n) is 13.1. The summed E-state index contributed by atoms with van der Waals surface area (Å²) in [6.07, 6.45) is 0.328. The number of likely N-dealkylation sites (N-methyl/N-ethyl adjacent to an activating group) is 1. The number of nitrogens with zero attached hydrogens (tertiary/aromatic N) is 1. The quantitative estimate of drug-likeness (QED) is 0.862. The van der Waals surface area contributed by atoms with Crippen molar-refractivity contribution in [3.63, 3.8) is 0 Å². The van der Waals surface area contributed by atoms with E-state index in [1.807, 2.05) is 37.4 Å². The van der Waals surface area contributed by atoms with Gasteiger partial charge in [0, 0.05) is 22.1 Å². The lowest BCUT2D eigenvalue weighted by atomic mass is 10.2. The van der Waals surface area contributed by atoms with Crippen molar-refractivity contribution in [2.45, 2.75) is 20.3 Å². The molecule has 1 aromatic heterocycles. The third-order valence-electron chi connectivity index (χ3n) is 3.45. The second-order valence-corrected chi connectivity index (χ2v) is 6.64. The molecule has 1 aromatic carbocycles. The van der Waals surface area contributed by atoms with Crippen LogP contribution in [0.5, 0.6) is 0 Å². The first kappa shape index (κ1) is 17.5. The van der Waals surface area contributed by atoms with E-state index in [9.17, 15) is 9.59 Å². The van der Waals surface area contributed by atoms with Gasteiger partial charge in [0.1, 0.15) is 0 Å². The fourth-order valence-corrected chi connectivity index (χ4v) is 3.01. The summed E-state index contributed by atoms with van der Waals surface area (Å²) in [5.74, 6) is -0.273. The number of thiophene rings is 1. The van der Waals surface area contributed by atoms with Crippen LogP contribution in [0.15, 0.2) is 35.7 Å². The maximum atomic E-state index is 12.3. The molecule has 122 valence electrons. The molecule has 0 spiro atoms. The van der Waals surface area contributed by atoms with E-state index in [-0.39, 0.29) is 18.4 Å². The predicted molar refractivity (Wildman–Crippen MR) is 95.1 cm³/mol. The molecular weight excluding hydrogens is 332 g/mol. The lowest BCUT2D eigenvalue weighted by molar-refractivity contribution is -0.133. The van der Waals surface area contributed by atoms with E-state index < -0.39 is 0 Å². The molecule has 6 heteroatoms. The highest BCUT2D eigenvalue weighted by Crippen LogP contribution is 2.20. The molecule has 0 unspecified atom stereocenters. The number of hydrogen-bond acceptors (Lipinski definition) is 3. The van der Waals surface area contributed by atoms with Gasteiger partial charge in [0.2, 0.25) is 11.8 Å². The molecule has 0 aliphatic rings. The monoisotopic (exact) mass is 350 g/mol. The molecule has 0 saturated carbocycles. The average molecular weight is 351 g/mol. The molecule has 0 aliphatic heterocycles. The van der Waals surface area contributed by atoms with Gasteiger partial charge in [0.25, 0.3) is 0 Å². The number of amides is 2. The van der Waals surface area contributed by atoms with Crippen LogP contribution in [0.1, 0.15) is 17.4 Å². The van der Waals surface area contributed by atoms with E-state index in [1.165, 1.54) is 0 Å². The van der Waals surface area contributed by atoms with Gasteiger partial charge in [-0.1, -0.05) is 23.7 Å². The molecule has 0 aliphatic carbocycles. The molecule has 2 rings (SSSR count). The Morgan fingerprint density at radius 1 is 1.30 bits per heavy atom. The second-order valence-electron chi connectivity index (χ2n) is 5.17. The zero-order chi connectivity index (χ0) is 16.8. The smallest absolute Gasteiger partial charge is 0.244 e. The minimum absolute atomic E-state index is 0.0344. The SMILES string of the molecule is CCN(CC(=O)Nc1cc(Cl)ccc1C)C(=O)Cc1cccs1. The van der Waals surface area contributed by atoms with E-state index in [0.717, 1.165) is 10.4 Å². The number of hydrogen-bond donors (Lipinski definition) is 1. The molecule has 0 saturated heterocycles. The maximum absolute atomic E-state index is 12.3. The van der Waals surface area contributed by atoms with Crippen LogP contribution in [0.2, 0.25) is 5.02 Å². The van der Waals surface area contributed by atoms with Gasteiger partial charge in [-0.2, -0.15) is 0 Å². The Hall–Kier alpha value is -1.85. The van der Waals surface area contributed by atoms with Crippen molar-refractivity contribution in [2.75, 3.05) is 18.4 Å². The Labute approximate surface area is 145 Å². The molecule has 23 heavy (non-hydrogen) atoms. The van der Waals surface area contributed by atoms with E-state index in [0.29, 0.717) is 23.7 Å². The van der Waals surface area contributed by atoms with Crippen LogP contribution in [0.3, 0.4) is 0 Å². The van der Waals surface area contributed by atoms with E-state index in [1.54, 1.807) is 28.4 Å². The van der Waals surface area contributed by atoms with Crippen LogP contribution >= 0.6 is 22.9 Å². The van der Waals surface area contributed by atoms with Gasteiger partial charge >= 0.3 is 0 Å². The van der Waals surface area contributed by atoms with E-state index >= 15 is 0 Å². The van der Waals surface area contributed by atoms with Crippen molar-refractivity contribution in [2.24, 2.45) is 0 Å². The third-order valence-corrected chi connectivity index (χ3v) is 4.56. The lowest BCUT2D eigenvalue weighted by Gasteiger charge is -2.20. The summed E-state index contributed by atoms with van der Waals surface area (Å²) in [5.41, 5.74) is 1.60. The van der Waals surface area contributed by atoms with Crippen molar-refractivity contribution in [3.8, 4) is 0 Å². The zero-order valence-corrected chi connectivity index (χ0v) is 14.7. The van der Waals surface area contributed by atoms with Gasteiger partial charge in [-0.05, 0) is 43.0 Å². The summed E-state index contributed by atoms with van der Waals surface area (Å²) in [4.78, 5) is 27.0. The number of carbonyl (C=O) groups excluding carboxylic acids is 2. The molecule has 0 atom stereocenters. The minimum atomic E-state index is -0.225. The Morgan fingerprint density at radius 3 is 2.74 bits per heavy atom. The van der Waals surface area contributed by atoms with E-state index in [4.69, 9.17) is 11.6 Å². The minimum Gasteiger partial charge on any atom is -0.333 e. The van der Waals surface area contributed by atoms with Gasteiger partial charge in [0.05, 0.1) is 13.0 Å². The largest absolute Gasteiger partial charge is 0.333 e. The van der Waals surface area contributed by atoms with Crippen LogP contribution in [0.25, 0.3) is 0 Å². The topological polar surface area (TPSA) is 49.4 Å². The third kappa shape index (κ3) is 5.08. The standard InChI is InChI=1S/C17H19ClN2O2S/c1-3-20(17(22)10-14-5-4-8-23-14)11-16(21)19-15-9-13(18)7-6-12(15)2/h4-9H,3,10-11H2,1-2H3,(H,19,21). The second kappa shape index (κ2) is 8.13. The first-order valence-corrected chi connectivity index (χ1v) is 8.61. The molecule has 0 bridgehead atoms. The fraction of sp³-hybridized carbons (Fsp3) is 0.294. The number of nitrogens with one attached hydrogen (secondary N) is 1. The van der Waals surface area contributed by atoms with Crippen LogP contribution < -0.4 is 5.32 Å². The van der Waals surface area contributed by atoms with Crippen LogP contribution in [0.4, 0.5) is 5.69 Å². The summed E-state index contributed by atoms with van der Waals surface area (Å²) >= 11 is 7.49. The summed E-state index contributed by atoms with van der Waals surface area (Å²) in [5, 5.41) is 5.31. The highest BCUT2D eigenvalue weighted by Gasteiger charge is 2.17. The van der Waals surface area contributed by atoms with Crippen molar-refractivity contribution in [1.82, 2.24) is 4.90 Å². The van der Waals surface area contributed by atoms with Crippen molar-refractivity contribution < 1.29 is 9.59 Å². The molecule has 0 radical (unpaired) electrons. The molecule has 2 aromatic rings. The van der Waals surface area contributed by atoms with Gasteiger partial charge in [-0.3, -0.25) is 9.59 Å². The molecule has 1 N–H and O–H groups in total. The van der Waals surface area contributed by atoms with Gasteiger partial charge < -0.3 is 10.2 Å². The highest BCUT2D eigenvalue weighted by atomic mass is 35.5. The number of rotatable bonds is 6. The molecule has 1 heterocycles. The molecule has 0 fully saturated rings. The Kier molecular flexibility index (Phi) is 6.19. The number of halogens is 1. The van der Waals surface area contributed by atoms with Crippen LogP contribution in [-0.4, -0.2) is 29.8 Å². The van der Waals surface area contributed by atoms with Gasteiger partial charge in [0.15, 0.2) is 0 Å².